The Hall–Kier alpha value is -1.47. The quantitative estimate of drug-likeness (QED) is 0.778. The molecule has 1 atom stereocenters. The third-order valence-electron chi connectivity index (χ3n) is 3.14. The number of hydrogen-bond donors (Lipinski definition) is 0. The highest BCUT2D eigenvalue weighted by molar-refractivity contribution is 7.89. The lowest BCUT2D eigenvalue weighted by Crippen LogP contribution is -2.30. The molecule has 5 nitrogen and oxygen atoms in total. The number of sulfonamides is 1. The molecule has 1 aliphatic rings. The molecule has 1 aromatic carbocycles. The average molecular weight is 287 g/mol. The number of hydrogen-bond acceptors (Lipinski definition) is 4. The summed E-state index contributed by atoms with van der Waals surface area (Å²) >= 11 is 0. The summed E-state index contributed by atoms with van der Waals surface area (Å²) in [6.07, 6.45) is 0.389. The van der Waals surface area contributed by atoms with Crippen LogP contribution in [0.15, 0.2) is 29.2 Å². The van der Waals surface area contributed by atoms with Crippen molar-refractivity contribution in [3.8, 4) is 0 Å². The summed E-state index contributed by atoms with van der Waals surface area (Å²) in [7, 11) is -2.63. The van der Waals surface area contributed by atoms with Crippen LogP contribution in [0.5, 0.6) is 0 Å². The summed E-state index contributed by atoms with van der Waals surface area (Å²) < 4.78 is 43.8. The first-order valence-electron chi connectivity index (χ1n) is 5.79. The van der Waals surface area contributed by atoms with Gasteiger partial charge in [0.05, 0.1) is 13.0 Å². The van der Waals surface area contributed by atoms with E-state index in [1.165, 1.54) is 25.3 Å². The van der Waals surface area contributed by atoms with Crippen LogP contribution in [0, 0.1) is 11.7 Å². The zero-order valence-corrected chi connectivity index (χ0v) is 11.2. The zero-order chi connectivity index (χ0) is 14.0. The van der Waals surface area contributed by atoms with Crippen molar-refractivity contribution in [2.45, 2.75) is 11.3 Å². The summed E-state index contributed by atoms with van der Waals surface area (Å²) in [6.45, 7) is 0.222. The highest BCUT2D eigenvalue weighted by atomic mass is 32.2. The zero-order valence-electron chi connectivity index (χ0n) is 10.4. The Morgan fingerprint density at radius 3 is 2.74 bits per heavy atom. The van der Waals surface area contributed by atoms with Crippen LogP contribution in [0.1, 0.15) is 6.42 Å². The SMILES string of the molecule is COC(=O)C1CCN(S(=O)(=O)c2ccccc2F)C1. The van der Waals surface area contributed by atoms with E-state index in [0.717, 1.165) is 10.4 Å². The summed E-state index contributed by atoms with van der Waals surface area (Å²) in [4.78, 5) is 11.0. The number of nitrogens with zero attached hydrogens (tertiary/aromatic N) is 1. The molecule has 1 aliphatic heterocycles. The maximum atomic E-state index is 13.6. The van der Waals surface area contributed by atoms with E-state index in [0.29, 0.717) is 6.42 Å². The van der Waals surface area contributed by atoms with Gasteiger partial charge < -0.3 is 4.74 Å². The van der Waals surface area contributed by atoms with E-state index >= 15 is 0 Å². The molecular weight excluding hydrogens is 273 g/mol. The Morgan fingerprint density at radius 2 is 2.11 bits per heavy atom. The number of carbonyl (C=O) groups excluding carboxylic acids is 1. The molecule has 1 saturated heterocycles. The highest BCUT2D eigenvalue weighted by Crippen LogP contribution is 2.26. The molecule has 0 spiro atoms. The number of benzene rings is 1. The maximum Gasteiger partial charge on any atom is 0.310 e. The van der Waals surface area contributed by atoms with Crippen LogP contribution in [0.2, 0.25) is 0 Å². The molecule has 0 radical (unpaired) electrons. The van der Waals surface area contributed by atoms with E-state index in [-0.39, 0.29) is 18.0 Å². The molecule has 1 fully saturated rings. The maximum absolute atomic E-state index is 13.6. The number of ether oxygens (including phenoxy) is 1. The molecule has 0 N–H and O–H groups in total. The first-order chi connectivity index (χ1) is 8.96. The van der Waals surface area contributed by atoms with E-state index in [2.05, 4.69) is 4.74 Å². The molecule has 19 heavy (non-hydrogen) atoms. The number of halogens is 1. The molecule has 0 aromatic heterocycles. The van der Waals surface area contributed by atoms with Crippen molar-refractivity contribution >= 4 is 16.0 Å². The van der Waals surface area contributed by atoms with E-state index in [1.54, 1.807) is 0 Å². The van der Waals surface area contributed by atoms with Crippen LogP contribution >= 0.6 is 0 Å². The molecule has 0 aliphatic carbocycles. The van der Waals surface area contributed by atoms with E-state index in [9.17, 15) is 17.6 Å². The van der Waals surface area contributed by atoms with Crippen LogP contribution in [0.25, 0.3) is 0 Å². The van der Waals surface area contributed by atoms with Gasteiger partial charge in [-0.25, -0.2) is 12.8 Å². The number of carbonyl (C=O) groups is 1. The summed E-state index contributed by atoms with van der Waals surface area (Å²) in [5.41, 5.74) is 0. The Labute approximate surface area is 111 Å². The van der Waals surface area contributed by atoms with Gasteiger partial charge in [0.15, 0.2) is 0 Å². The standard InChI is InChI=1S/C12H14FNO4S/c1-18-12(15)9-6-7-14(8-9)19(16,17)11-5-3-2-4-10(11)13/h2-5,9H,6-8H2,1H3. The Kier molecular flexibility index (Phi) is 3.86. The fraction of sp³-hybridized carbons (Fsp3) is 0.417. The topological polar surface area (TPSA) is 63.7 Å². The van der Waals surface area contributed by atoms with Crippen molar-refractivity contribution < 1.29 is 22.3 Å². The predicted molar refractivity (Wildman–Crippen MR) is 65.3 cm³/mol. The molecule has 104 valence electrons. The largest absolute Gasteiger partial charge is 0.469 e. The number of methoxy groups -OCH3 is 1. The number of rotatable bonds is 3. The third-order valence-corrected chi connectivity index (χ3v) is 5.04. The minimum Gasteiger partial charge on any atom is -0.469 e. The number of esters is 1. The van der Waals surface area contributed by atoms with E-state index in [1.807, 2.05) is 0 Å². The second kappa shape index (κ2) is 5.26. The Bertz CT molecular complexity index is 587. The van der Waals surface area contributed by atoms with Crippen LogP contribution < -0.4 is 0 Å². The third kappa shape index (κ3) is 2.62. The molecular formula is C12H14FNO4S. The molecule has 1 unspecified atom stereocenters. The first kappa shape index (κ1) is 14.0. The van der Waals surface area contributed by atoms with Crippen LogP contribution in [-0.2, 0) is 19.6 Å². The molecule has 0 saturated carbocycles. The van der Waals surface area contributed by atoms with Crippen molar-refractivity contribution in [1.29, 1.82) is 0 Å². The van der Waals surface area contributed by atoms with Crippen molar-refractivity contribution in [3.63, 3.8) is 0 Å². The van der Waals surface area contributed by atoms with Crippen LogP contribution in [0.4, 0.5) is 4.39 Å². The molecule has 2 rings (SSSR count). The van der Waals surface area contributed by atoms with Gasteiger partial charge >= 0.3 is 5.97 Å². The van der Waals surface area contributed by atoms with E-state index < -0.39 is 27.7 Å². The van der Waals surface area contributed by atoms with Crippen molar-refractivity contribution in [2.75, 3.05) is 20.2 Å². The summed E-state index contributed by atoms with van der Waals surface area (Å²) in [5.74, 6) is -1.71. The van der Waals surface area contributed by atoms with Gasteiger partial charge in [-0.1, -0.05) is 12.1 Å². The van der Waals surface area contributed by atoms with Gasteiger partial charge in [-0.3, -0.25) is 4.79 Å². The smallest absolute Gasteiger partial charge is 0.310 e. The van der Waals surface area contributed by atoms with Crippen LogP contribution in [0.3, 0.4) is 0 Å². The average Bonchev–Trinajstić information content (AvgIpc) is 2.88. The van der Waals surface area contributed by atoms with Gasteiger partial charge in [0, 0.05) is 13.1 Å². The second-order valence-electron chi connectivity index (χ2n) is 4.30. The van der Waals surface area contributed by atoms with Crippen LogP contribution in [-0.4, -0.2) is 38.9 Å². The lowest BCUT2D eigenvalue weighted by Gasteiger charge is -2.16. The van der Waals surface area contributed by atoms with Gasteiger partial charge in [0.1, 0.15) is 10.7 Å². The minimum atomic E-state index is -3.89. The molecule has 1 aromatic rings. The van der Waals surface area contributed by atoms with Gasteiger partial charge in [0.25, 0.3) is 0 Å². The minimum absolute atomic E-state index is 0.0311. The van der Waals surface area contributed by atoms with E-state index in [4.69, 9.17) is 0 Å². The second-order valence-corrected chi connectivity index (χ2v) is 6.21. The molecule has 7 heteroatoms. The molecule has 1 heterocycles. The Balaban J connectivity index is 2.24. The monoisotopic (exact) mass is 287 g/mol. The fourth-order valence-corrected chi connectivity index (χ4v) is 3.66. The van der Waals surface area contributed by atoms with Gasteiger partial charge in [0.2, 0.25) is 10.0 Å². The predicted octanol–water partition coefficient (Wildman–Crippen LogP) is 1.01. The fourth-order valence-electron chi connectivity index (χ4n) is 2.10. The molecule has 0 bridgehead atoms. The normalized spacial score (nSPS) is 20.4. The highest BCUT2D eigenvalue weighted by Gasteiger charge is 2.37. The van der Waals surface area contributed by atoms with Gasteiger partial charge in [-0.15, -0.1) is 0 Å². The lowest BCUT2D eigenvalue weighted by molar-refractivity contribution is -0.144. The molecule has 0 amide bonds. The summed E-state index contributed by atoms with van der Waals surface area (Å²) in [6, 6.07) is 5.20. The Morgan fingerprint density at radius 1 is 1.42 bits per heavy atom. The summed E-state index contributed by atoms with van der Waals surface area (Å²) in [5, 5.41) is 0. The van der Waals surface area contributed by atoms with Crippen molar-refractivity contribution in [2.24, 2.45) is 5.92 Å². The van der Waals surface area contributed by atoms with Crippen molar-refractivity contribution in [1.82, 2.24) is 4.31 Å². The van der Waals surface area contributed by atoms with Crippen molar-refractivity contribution in [3.05, 3.63) is 30.1 Å². The first-order valence-corrected chi connectivity index (χ1v) is 7.23. The van der Waals surface area contributed by atoms with Gasteiger partial charge in [-0.05, 0) is 18.6 Å². The van der Waals surface area contributed by atoms with Gasteiger partial charge in [-0.2, -0.15) is 4.31 Å². The lowest BCUT2D eigenvalue weighted by atomic mass is 10.1.